The SMILES string of the molecule is O=S(=O)(CCOCc1ccccc1)Nc1nnc(-c2ccccc2)s1. The van der Waals surface area contributed by atoms with E-state index in [0.717, 1.165) is 11.1 Å². The first-order valence-electron chi connectivity index (χ1n) is 7.63. The third kappa shape index (κ3) is 5.35. The second-order valence-electron chi connectivity index (χ2n) is 5.24. The maximum Gasteiger partial charge on any atom is 0.236 e. The molecular weight excluding hydrogens is 358 g/mol. The minimum atomic E-state index is -3.52. The molecular formula is C17H17N3O3S2. The molecule has 2 aromatic carbocycles. The van der Waals surface area contributed by atoms with Crippen LogP contribution in [0.3, 0.4) is 0 Å². The standard InChI is InChI=1S/C17H17N3O3S2/c21-25(22,12-11-23-13-14-7-3-1-4-8-14)20-17-19-18-16(24-17)15-9-5-2-6-10-15/h1-10H,11-13H2,(H,19,20). The maximum absolute atomic E-state index is 12.1. The van der Waals surface area contributed by atoms with Crippen LogP contribution in [0.1, 0.15) is 5.56 Å². The van der Waals surface area contributed by atoms with Gasteiger partial charge >= 0.3 is 0 Å². The van der Waals surface area contributed by atoms with E-state index >= 15 is 0 Å². The monoisotopic (exact) mass is 375 g/mol. The topological polar surface area (TPSA) is 81.2 Å². The molecule has 0 fully saturated rings. The molecule has 0 atom stereocenters. The summed E-state index contributed by atoms with van der Waals surface area (Å²) in [5, 5.41) is 8.83. The van der Waals surface area contributed by atoms with Gasteiger partial charge in [0, 0.05) is 5.56 Å². The van der Waals surface area contributed by atoms with Crippen molar-refractivity contribution in [1.29, 1.82) is 0 Å². The van der Waals surface area contributed by atoms with Gasteiger partial charge in [0.1, 0.15) is 5.01 Å². The Morgan fingerprint density at radius 1 is 0.960 bits per heavy atom. The van der Waals surface area contributed by atoms with Crippen LogP contribution in [0.15, 0.2) is 60.7 Å². The number of ether oxygens (including phenoxy) is 1. The van der Waals surface area contributed by atoms with E-state index in [1.807, 2.05) is 60.7 Å². The van der Waals surface area contributed by atoms with E-state index in [-0.39, 0.29) is 17.5 Å². The smallest absolute Gasteiger partial charge is 0.236 e. The van der Waals surface area contributed by atoms with Crippen LogP contribution in [0.25, 0.3) is 10.6 Å². The first-order valence-corrected chi connectivity index (χ1v) is 10.1. The summed E-state index contributed by atoms with van der Waals surface area (Å²) in [6.07, 6.45) is 0. The summed E-state index contributed by atoms with van der Waals surface area (Å²) in [7, 11) is -3.52. The van der Waals surface area contributed by atoms with E-state index < -0.39 is 10.0 Å². The van der Waals surface area contributed by atoms with Gasteiger partial charge in [-0.15, -0.1) is 10.2 Å². The Morgan fingerprint density at radius 3 is 2.36 bits per heavy atom. The predicted molar refractivity (Wildman–Crippen MR) is 98.9 cm³/mol. The molecule has 0 bridgehead atoms. The quantitative estimate of drug-likeness (QED) is 0.612. The van der Waals surface area contributed by atoms with E-state index in [0.29, 0.717) is 11.6 Å². The van der Waals surface area contributed by atoms with Crippen molar-refractivity contribution in [3.63, 3.8) is 0 Å². The van der Waals surface area contributed by atoms with Gasteiger partial charge in [0.15, 0.2) is 0 Å². The molecule has 8 heteroatoms. The summed E-state index contributed by atoms with van der Waals surface area (Å²) in [4.78, 5) is 0. The molecule has 0 unspecified atom stereocenters. The fraction of sp³-hybridized carbons (Fsp3) is 0.176. The molecule has 0 amide bonds. The average Bonchev–Trinajstić information content (AvgIpc) is 3.08. The van der Waals surface area contributed by atoms with Crippen molar-refractivity contribution in [2.75, 3.05) is 17.1 Å². The van der Waals surface area contributed by atoms with Gasteiger partial charge in [-0.25, -0.2) is 8.42 Å². The zero-order valence-electron chi connectivity index (χ0n) is 13.3. The zero-order valence-corrected chi connectivity index (χ0v) is 15.0. The lowest BCUT2D eigenvalue weighted by Crippen LogP contribution is -2.20. The second-order valence-corrected chi connectivity index (χ2v) is 8.06. The van der Waals surface area contributed by atoms with Crippen molar-refractivity contribution in [3.05, 3.63) is 66.2 Å². The average molecular weight is 375 g/mol. The Bertz CT molecular complexity index is 897. The lowest BCUT2D eigenvalue weighted by atomic mass is 10.2. The van der Waals surface area contributed by atoms with Gasteiger partial charge in [0.25, 0.3) is 0 Å². The second kappa shape index (κ2) is 8.19. The van der Waals surface area contributed by atoms with Crippen molar-refractivity contribution in [2.45, 2.75) is 6.61 Å². The summed E-state index contributed by atoms with van der Waals surface area (Å²) in [5.41, 5.74) is 1.90. The fourth-order valence-electron chi connectivity index (χ4n) is 2.08. The fourth-order valence-corrected chi connectivity index (χ4v) is 3.97. The first-order chi connectivity index (χ1) is 12.1. The normalized spacial score (nSPS) is 11.4. The molecule has 0 saturated heterocycles. The largest absolute Gasteiger partial charge is 0.376 e. The molecule has 25 heavy (non-hydrogen) atoms. The number of aromatic nitrogens is 2. The molecule has 0 saturated carbocycles. The highest BCUT2D eigenvalue weighted by atomic mass is 32.2. The lowest BCUT2D eigenvalue weighted by Gasteiger charge is -2.06. The third-order valence-electron chi connectivity index (χ3n) is 3.30. The van der Waals surface area contributed by atoms with Crippen LogP contribution >= 0.6 is 11.3 Å². The molecule has 0 aliphatic heterocycles. The molecule has 3 aromatic rings. The summed E-state index contributed by atoms with van der Waals surface area (Å²) < 4.78 is 32.1. The number of hydrogen-bond acceptors (Lipinski definition) is 6. The highest BCUT2D eigenvalue weighted by Crippen LogP contribution is 2.26. The maximum atomic E-state index is 12.1. The lowest BCUT2D eigenvalue weighted by molar-refractivity contribution is 0.135. The van der Waals surface area contributed by atoms with E-state index in [9.17, 15) is 8.42 Å². The van der Waals surface area contributed by atoms with Crippen molar-refractivity contribution in [1.82, 2.24) is 10.2 Å². The molecule has 0 spiro atoms. The number of hydrogen-bond donors (Lipinski definition) is 1. The Balaban J connectivity index is 1.51. The molecule has 1 aromatic heterocycles. The van der Waals surface area contributed by atoms with Crippen molar-refractivity contribution in [2.24, 2.45) is 0 Å². The summed E-state index contributed by atoms with van der Waals surface area (Å²) >= 11 is 1.20. The first kappa shape index (κ1) is 17.5. The number of benzene rings is 2. The summed E-state index contributed by atoms with van der Waals surface area (Å²) in [6.45, 7) is 0.488. The Labute approximate surface area is 150 Å². The molecule has 6 nitrogen and oxygen atoms in total. The summed E-state index contributed by atoms with van der Waals surface area (Å²) in [5.74, 6) is -0.139. The van der Waals surface area contributed by atoms with Crippen LogP contribution in [0, 0.1) is 0 Å². The van der Waals surface area contributed by atoms with Gasteiger partial charge in [0.2, 0.25) is 15.2 Å². The van der Waals surface area contributed by atoms with Gasteiger partial charge < -0.3 is 4.74 Å². The van der Waals surface area contributed by atoms with Gasteiger partial charge in [-0.2, -0.15) is 0 Å². The van der Waals surface area contributed by atoms with Crippen LogP contribution in [-0.2, 0) is 21.4 Å². The van der Waals surface area contributed by atoms with Gasteiger partial charge in [-0.05, 0) is 5.56 Å². The van der Waals surface area contributed by atoms with Gasteiger partial charge in [-0.3, -0.25) is 4.72 Å². The summed E-state index contributed by atoms with van der Waals surface area (Å²) in [6, 6.07) is 19.1. The van der Waals surface area contributed by atoms with Crippen molar-refractivity contribution < 1.29 is 13.2 Å². The van der Waals surface area contributed by atoms with E-state index in [1.54, 1.807) is 0 Å². The molecule has 3 rings (SSSR count). The number of nitrogens with zero attached hydrogens (tertiary/aromatic N) is 2. The number of rotatable bonds is 8. The number of sulfonamides is 1. The minimum Gasteiger partial charge on any atom is -0.376 e. The number of nitrogens with one attached hydrogen (secondary N) is 1. The van der Waals surface area contributed by atoms with E-state index in [2.05, 4.69) is 14.9 Å². The number of anilines is 1. The van der Waals surface area contributed by atoms with E-state index in [1.165, 1.54) is 11.3 Å². The van der Waals surface area contributed by atoms with Gasteiger partial charge in [0.05, 0.1) is 19.0 Å². The van der Waals surface area contributed by atoms with Gasteiger partial charge in [-0.1, -0.05) is 72.0 Å². The molecule has 0 aliphatic rings. The Morgan fingerprint density at radius 2 is 1.64 bits per heavy atom. The third-order valence-corrected chi connectivity index (χ3v) is 5.52. The van der Waals surface area contributed by atoms with Crippen LogP contribution in [0.2, 0.25) is 0 Å². The van der Waals surface area contributed by atoms with Crippen LogP contribution in [0.5, 0.6) is 0 Å². The Kier molecular flexibility index (Phi) is 5.75. The van der Waals surface area contributed by atoms with Crippen molar-refractivity contribution in [3.8, 4) is 10.6 Å². The molecule has 130 valence electrons. The van der Waals surface area contributed by atoms with E-state index in [4.69, 9.17) is 4.74 Å². The van der Waals surface area contributed by atoms with Crippen LogP contribution in [-0.4, -0.2) is 31.0 Å². The van der Waals surface area contributed by atoms with Crippen LogP contribution in [0.4, 0.5) is 5.13 Å². The van der Waals surface area contributed by atoms with Crippen LogP contribution < -0.4 is 4.72 Å². The highest BCUT2D eigenvalue weighted by Gasteiger charge is 2.14. The molecule has 1 heterocycles. The molecule has 0 aliphatic carbocycles. The van der Waals surface area contributed by atoms with Crippen molar-refractivity contribution >= 4 is 26.5 Å². The minimum absolute atomic E-state index is 0.106. The molecule has 0 radical (unpaired) electrons. The Hall–Kier alpha value is -2.29. The molecule has 1 N–H and O–H groups in total. The predicted octanol–water partition coefficient (Wildman–Crippen LogP) is 3.16. The zero-order chi connectivity index (χ0) is 17.5. The highest BCUT2D eigenvalue weighted by molar-refractivity contribution is 7.92.